The molecular weight excluding hydrogens is 440 g/mol. The second kappa shape index (κ2) is 10.9. The molecule has 0 atom stereocenters. The molecule has 1 heterocycles. The highest BCUT2D eigenvalue weighted by atomic mass is 19.1. The number of carbonyl (C=O) groups excluding carboxylic acids is 2. The van der Waals surface area contributed by atoms with Crippen LogP contribution in [0.2, 0.25) is 0 Å². The molecule has 8 heteroatoms. The van der Waals surface area contributed by atoms with Crippen LogP contribution < -0.4 is 10.1 Å². The molecule has 0 aliphatic carbocycles. The molecule has 1 aliphatic heterocycles. The first-order valence-electron chi connectivity index (χ1n) is 11.0. The molecule has 4 rings (SSSR count). The van der Waals surface area contributed by atoms with E-state index in [2.05, 4.69) is 5.32 Å². The van der Waals surface area contributed by atoms with E-state index in [-0.39, 0.29) is 36.6 Å². The van der Waals surface area contributed by atoms with Gasteiger partial charge in [0.15, 0.2) is 0 Å². The first-order chi connectivity index (χ1) is 16.5. The van der Waals surface area contributed by atoms with Gasteiger partial charge in [0.1, 0.15) is 24.0 Å². The van der Waals surface area contributed by atoms with Gasteiger partial charge in [-0.15, -0.1) is 0 Å². The third kappa shape index (κ3) is 6.17. The molecule has 1 N–H and O–H groups in total. The zero-order chi connectivity index (χ0) is 23.9. The highest BCUT2D eigenvalue weighted by Gasteiger charge is 2.25. The van der Waals surface area contributed by atoms with Crippen molar-refractivity contribution in [1.82, 2.24) is 9.80 Å². The molecule has 0 saturated carbocycles. The lowest BCUT2D eigenvalue weighted by atomic mass is 10.1. The Kier molecular flexibility index (Phi) is 7.49. The lowest BCUT2D eigenvalue weighted by Crippen LogP contribution is -2.50. The normalized spacial score (nSPS) is 14.0. The number of carbonyl (C=O) groups is 2. The van der Waals surface area contributed by atoms with E-state index in [0.29, 0.717) is 43.2 Å². The van der Waals surface area contributed by atoms with Gasteiger partial charge in [-0.25, -0.2) is 8.78 Å². The molecule has 0 bridgehead atoms. The number of nitrogens with one attached hydrogen (secondary N) is 1. The van der Waals surface area contributed by atoms with Crippen molar-refractivity contribution in [2.75, 3.05) is 38.0 Å². The summed E-state index contributed by atoms with van der Waals surface area (Å²) in [5.41, 5.74) is 1.81. The average Bonchev–Trinajstić information content (AvgIpc) is 2.85. The quantitative estimate of drug-likeness (QED) is 0.574. The van der Waals surface area contributed by atoms with E-state index in [1.807, 2.05) is 4.90 Å². The number of nitrogens with zero attached hydrogens (tertiary/aromatic N) is 2. The number of hydrogen-bond donors (Lipinski definition) is 1. The lowest BCUT2D eigenvalue weighted by Gasteiger charge is -2.34. The summed E-state index contributed by atoms with van der Waals surface area (Å²) in [6, 6.07) is 18.7. The highest BCUT2D eigenvalue weighted by molar-refractivity contribution is 5.97. The molecule has 0 aromatic heterocycles. The number of hydrogen-bond acceptors (Lipinski definition) is 4. The molecular formula is C26H25F2N3O3. The summed E-state index contributed by atoms with van der Waals surface area (Å²) in [6.07, 6.45) is 0. The molecule has 6 nitrogen and oxygen atoms in total. The summed E-state index contributed by atoms with van der Waals surface area (Å²) < 4.78 is 32.0. The number of ether oxygens (including phenoxy) is 1. The number of anilines is 1. The van der Waals surface area contributed by atoms with E-state index in [1.165, 1.54) is 36.4 Å². The molecule has 1 saturated heterocycles. The van der Waals surface area contributed by atoms with Gasteiger partial charge in [-0.3, -0.25) is 14.5 Å². The van der Waals surface area contributed by atoms with Crippen molar-refractivity contribution in [2.24, 2.45) is 0 Å². The summed E-state index contributed by atoms with van der Waals surface area (Å²) in [7, 11) is 0. The maximum Gasteiger partial charge on any atom is 0.257 e. The molecule has 0 unspecified atom stereocenters. The second-order valence-corrected chi connectivity index (χ2v) is 8.03. The van der Waals surface area contributed by atoms with Crippen molar-refractivity contribution >= 4 is 17.5 Å². The second-order valence-electron chi connectivity index (χ2n) is 8.03. The van der Waals surface area contributed by atoms with Gasteiger partial charge in [0.25, 0.3) is 5.91 Å². The first kappa shape index (κ1) is 23.4. The Morgan fingerprint density at radius 3 is 2.12 bits per heavy atom. The Balaban J connectivity index is 1.29. The SMILES string of the molecule is O=C(CN1CCN(C(=O)c2ccccc2OCc2ccc(F)cc2)CC1)Nc1ccc(F)cc1. The Morgan fingerprint density at radius 2 is 1.44 bits per heavy atom. The van der Waals surface area contributed by atoms with Gasteiger partial charge >= 0.3 is 0 Å². The lowest BCUT2D eigenvalue weighted by molar-refractivity contribution is -0.117. The molecule has 34 heavy (non-hydrogen) atoms. The Bertz CT molecular complexity index is 1130. The summed E-state index contributed by atoms with van der Waals surface area (Å²) in [6.45, 7) is 2.49. The number of amides is 2. The first-order valence-corrected chi connectivity index (χ1v) is 11.0. The fourth-order valence-electron chi connectivity index (χ4n) is 3.73. The zero-order valence-electron chi connectivity index (χ0n) is 18.5. The van der Waals surface area contributed by atoms with Crippen LogP contribution in [0.15, 0.2) is 72.8 Å². The van der Waals surface area contributed by atoms with Crippen molar-refractivity contribution in [2.45, 2.75) is 6.61 Å². The smallest absolute Gasteiger partial charge is 0.257 e. The van der Waals surface area contributed by atoms with Crippen LogP contribution in [-0.4, -0.2) is 54.3 Å². The van der Waals surface area contributed by atoms with E-state index in [1.54, 1.807) is 41.3 Å². The van der Waals surface area contributed by atoms with Gasteiger partial charge in [-0.2, -0.15) is 0 Å². The van der Waals surface area contributed by atoms with Gasteiger partial charge in [0, 0.05) is 31.9 Å². The molecule has 2 amide bonds. The predicted molar refractivity (Wildman–Crippen MR) is 125 cm³/mol. The van der Waals surface area contributed by atoms with Gasteiger partial charge in [0.05, 0.1) is 12.1 Å². The third-order valence-corrected chi connectivity index (χ3v) is 5.58. The van der Waals surface area contributed by atoms with Crippen LogP contribution in [0.25, 0.3) is 0 Å². The van der Waals surface area contributed by atoms with Gasteiger partial charge in [0.2, 0.25) is 5.91 Å². The number of halogens is 2. The standard InChI is InChI=1S/C26H25F2N3O3/c27-20-7-5-19(6-8-20)18-34-24-4-2-1-3-23(24)26(33)31-15-13-30(14-16-31)17-25(32)29-22-11-9-21(28)10-12-22/h1-12H,13-18H2,(H,29,32). The monoisotopic (exact) mass is 465 g/mol. The summed E-state index contributed by atoms with van der Waals surface area (Å²) in [5.74, 6) is -0.526. The third-order valence-electron chi connectivity index (χ3n) is 5.58. The molecule has 3 aromatic carbocycles. The minimum atomic E-state index is -0.360. The number of benzene rings is 3. The van der Waals surface area contributed by atoms with Gasteiger partial charge in [-0.05, 0) is 54.1 Å². The molecule has 1 aliphatic rings. The average molecular weight is 466 g/mol. The highest BCUT2D eigenvalue weighted by Crippen LogP contribution is 2.22. The predicted octanol–water partition coefficient (Wildman–Crippen LogP) is 3.94. The summed E-state index contributed by atoms with van der Waals surface area (Å²) in [4.78, 5) is 29.1. The Labute approximate surface area is 196 Å². The largest absolute Gasteiger partial charge is 0.488 e. The van der Waals surface area contributed by atoms with Crippen LogP contribution in [-0.2, 0) is 11.4 Å². The van der Waals surface area contributed by atoms with Crippen molar-refractivity contribution < 1.29 is 23.1 Å². The van der Waals surface area contributed by atoms with Crippen molar-refractivity contribution in [3.8, 4) is 5.75 Å². The summed E-state index contributed by atoms with van der Waals surface area (Å²) in [5, 5.41) is 2.75. The minimum Gasteiger partial charge on any atom is -0.488 e. The minimum absolute atomic E-state index is 0.134. The molecule has 176 valence electrons. The number of rotatable bonds is 7. The summed E-state index contributed by atoms with van der Waals surface area (Å²) >= 11 is 0. The van der Waals surface area contributed by atoms with Crippen molar-refractivity contribution in [3.63, 3.8) is 0 Å². The van der Waals surface area contributed by atoms with Crippen LogP contribution in [0.5, 0.6) is 5.75 Å². The fraction of sp³-hybridized carbons (Fsp3) is 0.231. The molecule has 1 fully saturated rings. The number of piperazine rings is 1. The van der Waals surface area contributed by atoms with Crippen LogP contribution in [0, 0.1) is 11.6 Å². The van der Waals surface area contributed by atoms with E-state index < -0.39 is 0 Å². The van der Waals surface area contributed by atoms with Crippen LogP contribution in [0.4, 0.5) is 14.5 Å². The van der Waals surface area contributed by atoms with E-state index >= 15 is 0 Å². The van der Waals surface area contributed by atoms with Crippen LogP contribution in [0.1, 0.15) is 15.9 Å². The van der Waals surface area contributed by atoms with E-state index in [0.717, 1.165) is 5.56 Å². The van der Waals surface area contributed by atoms with Crippen LogP contribution in [0.3, 0.4) is 0 Å². The number of para-hydroxylation sites is 1. The molecule has 0 radical (unpaired) electrons. The molecule has 3 aromatic rings. The zero-order valence-corrected chi connectivity index (χ0v) is 18.5. The molecule has 0 spiro atoms. The van der Waals surface area contributed by atoms with Crippen LogP contribution >= 0.6 is 0 Å². The van der Waals surface area contributed by atoms with E-state index in [4.69, 9.17) is 4.74 Å². The Hall–Kier alpha value is -3.78. The van der Waals surface area contributed by atoms with Crippen molar-refractivity contribution in [3.05, 3.63) is 95.6 Å². The van der Waals surface area contributed by atoms with Gasteiger partial charge in [-0.1, -0.05) is 24.3 Å². The van der Waals surface area contributed by atoms with Gasteiger partial charge < -0.3 is 15.0 Å². The van der Waals surface area contributed by atoms with Crippen molar-refractivity contribution in [1.29, 1.82) is 0 Å². The maximum atomic E-state index is 13.1. The van der Waals surface area contributed by atoms with E-state index in [9.17, 15) is 18.4 Å². The maximum absolute atomic E-state index is 13.1. The topological polar surface area (TPSA) is 61.9 Å². The fourth-order valence-corrected chi connectivity index (χ4v) is 3.73. The Morgan fingerprint density at radius 1 is 0.824 bits per heavy atom.